The molecule has 0 radical (unpaired) electrons. The van der Waals surface area contributed by atoms with Gasteiger partial charge in [-0.3, -0.25) is 0 Å². The smallest absolute Gasteiger partial charge is 0.148 e. The van der Waals surface area contributed by atoms with E-state index in [0.29, 0.717) is 18.4 Å². The van der Waals surface area contributed by atoms with Crippen LogP contribution in [0, 0.1) is 6.92 Å². The normalized spacial score (nSPS) is 14.5. The van der Waals surface area contributed by atoms with Gasteiger partial charge in [0.25, 0.3) is 0 Å². The van der Waals surface area contributed by atoms with Gasteiger partial charge in [-0.1, -0.05) is 6.92 Å². The molecule has 1 aromatic heterocycles. The summed E-state index contributed by atoms with van der Waals surface area (Å²) in [5.74, 6) is 7.93. The van der Waals surface area contributed by atoms with E-state index in [2.05, 4.69) is 27.2 Å². The van der Waals surface area contributed by atoms with Crippen molar-refractivity contribution in [3.05, 3.63) is 11.4 Å². The lowest BCUT2D eigenvalue weighted by atomic mass is 10.2. The molecule has 1 heterocycles. The summed E-state index contributed by atoms with van der Waals surface area (Å²) in [6, 6.07) is 0.501. The number of nitrogens with one attached hydrogen (secondary N) is 1. The predicted octanol–water partition coefficient (Wildman–Crippen LogP) is 0.984. The van der Waals surface area contributed by atoms with Crippen LogP contribution in [0.4, 0.5) is 11.6 Å². The number of hydrogen-bond donors (Lipinski definition) is 3. The molecule has 106 valence electrons. The van der Waals surface area contributed by atoms with Crippen LogP contribution in [0.15, 0.2) is 0 Å². The number of hydrazine groups is 1. The second-order valence-electron chi connectivity index (χ2n) is 4.98. The molecule has 1 fully saturated rings. The minimum absolute atomic E-state index is 0.133. The molecule has 0 saturated heterocycles. The van der Waals surface area contributed by atoms with Gasteiger partial charge < -0.3 is 15.4 Å². The number of anilines is 2. The fourth-order valence-corrected chi connectivity index (χ4v) is 2.26. The highest BCUT2D eigenvalue weighted by Gasteiger charge is 2.31. The maximum absolute atomic E-state index is 9.24. The van der Waals surface area contributed by atoms with Crippen LogP contribution in [-0.4, -0.2) is 34.3 Å². The number of nitrogen functional groups attached to an aromatic ring is 1. The first-order valence-corrected chi connectivity index (χ1v) is 6.92. The third kappa shape index (κ3) is 3.13. The summed E-state index contributed by atoms with van der Waals surface area (Å²) < 4.78 is 0. The molecule has 1 aromatic rings. The second-order valence-corrected chi connectivity index (χ2v) is 4.98. The fraction of sp³-hybridized carbons (Fsp3) is 0.692. The van der Waals surface area contributed by atoms with E-state index in [0.717, 1.165) is 42.9 Å². The van der Waals surface area contributed by atoms with Gasteiger partial charge in [0.05, 0.1) is 6.61 Å². The molecule has 1 aliphatic rings. The molecule has 0 aliphatic heterocycles. The number of aryl methyl sites for hydroxylation is 1. The third-order valence-corrected chi connectivity index (χ3v) is 3.38. The number of rotatable bonds is 7. The van der Waals surface area contributed by atoms with Crippen molar-refractivity contribution in [2.24, 2.45) is 5.84 Å². The zero-order valence-electron chi connectivity index (χ0n) is 11.7. The quantitative estimate of drug-likeness (QED) is 0.503. The summed E-state index contributed by atoms with van der Waals surface area (Å²) in [4.78, 5) is 11.3. The molecule has 1 aliphatic carbocycles. The molecule has 0 unspecified atom stereocenters. The summed E-state index contributed by atoms with van der Waals surface area (Å²) in [7, 11) is 0. The van der Waals surface area contributed by atoms with Crippen LogP contribution >= 0.6 is 0 Å². The summed E-state index contributed by atoms with van der Waals surface area (Å²) >= 11 is 0. The summed E-state index contributed by atoms with van der Waals surface area (Å²) in [5.41, 5.74) is 3.60. The molecule has 0 bridgehead atoms. The van der Waals surface area contributed by atoms with Crippen LogP contribution in [-0.2, 0) is 6.42 Å². The lowest BCUT2D eigenvalue weighted by molar-refractivity contribution is 0.301. The van der Waals surface area contributed by atoms with E-state index in [1.54, 1.807) is 0 Å². The molecular formula is C13H23N5O. The molecule has 6 nitrogen and oxygen atoms in total. The Bertz CT molecular complexity index is 433. The van der Waals surface area contributed by atoms with Crippen molar-refractivity contribution in [2.45, 2.75) is 45.6 Å². The first kappa shape index (κ1) is 14.0. The van der Waals surface area contributed by atoms with Gasteiger partial charge in [-0.05, 0) is 26.2 Å². The first-order valence-electron chi connectivity index (χ1n) is 6.92. The molecule has 0 spiro atoms. The number of aliphatic hydroxyl groups is 1. The molecule has 6 heteroatoms. The Labute approximate surface area is 114 Å². The zero-order valence-corrected chi connectivity index (χ0v) is 11.7. The Balaban J connectivity index is 2.37. The van der Waals surface area contributed by atoms with Gasteiger partial charge >= 0.3 is 0 Å². The van der Waals surface area contributed by atoms with Crippen molar-refractivity contribution in [1.82, 2.24) is 9.97 Å². The molecule has 0 aromatic carbocycles. The molecule has 0 amide bonds. The van der Waals surface area contributed by atoms with E-state index in [1.165, 1.54) is 0 Å². The largest absolute Gasteiger partial charge is 0.395 e. The fourth-order valence-electron chi connectivity index (χ4n) is 2.26. The topological polar surface area (TPSA) is 87.3 Å². The van der Waals surface area contributed by atoms with Crippen molar-refractivity contribution < 1.29 is 5.11 Å². The number of nitrogens with two attached hydrogens (primary N) is 1. The van der Waals surface area contributed by atoms with Crippen molar-refractivity contribution in [3.63, 3.8) is 0 Å². The monoisotopic (exact) mass is 265 g/mol. The Hall–Kier alpha value is -1.40. The minimum Gasteiger partial charge on any atom is -0.395 e. The van der Waals surface area contributed by atoms with Crippen LogP contribution in [0.2, 0.25) is 0 Å². The van der Waals surface area contributed by atoms with Gasteiger partial charge in [0.2, 0.25) is 0 Å². The molecule has 1 saturated carbocycles. The van der Waals surface area contributed by atoms with Gasteiger partial charge in [-0.15, -0.1) is 0 Å². The molecular weight excluding hydrogens is 242 g/mol. The number of aromatic nitrogens is 2. The number of aliphatic hydroxyl groups excluding tert-OH is 1. The van der Waals surface area contributed by atoms with Gasteiger partial charge in [-0.25, -0.2) is 15.8 Å². The van der Waals surface area contributed by atoms with Crippen LogP contribution in [0.1, 0.15) is 37.6 Å². The van der Waals surface area contributed by atoms with E-state index in [-0.39, 0.29) is 6.61 Å². The highest BCUT2D eigenvalue weighted by molar-refractivity contribution is 5.59. The first-order chi connectivity index (χ1) is 9.21. The molecule has 0 atom stereocenters. The maximum Gasteiger partial charge on any atom is 0.148 e. The Morgan fingerprint density at radius 1 is 1.42 bits per heavy atom. The number of nitrogens with zero attached hydrogens (tertiary/aromatic N) is 3. The van der Waals surface area contributed by atoms with Crippen molar-refractivity contribution in [2.75, 3.05) is 23.5 Å². The van der Waals surface area contributed by atoms with E-state index in [1.807, 2.05) is 6.92 Å². The molecule has 2 rings (SSSR count). The van der Waals surface area contributed by atoms with Gasteiger partial charge in [0.15, 0.2) is 0 Å². The van der Waals surface area contributed by atoms with Crippen LogP contribution in [0.25, 0.3) is 0 Å². The third-order valence-electron chi connectivity index (χ3n) is 3.38. The second kappa shape index (κ2) is 6.16. The van der Waals surface area contributed by atoms with E-state index >= 15 is 0 Å². The molecule has 4 N–H and O–H groups in total. The highest BCUT2D eigenvalue weighted by atomic mass is 16.3. The maximum atomic E-state index is 9.24. The van der Waals surface area contributed by atoms with Gasteiger partial charge in [0, 0.05) is 24.6 Å². The van der Waals surface area contributed by atoms with Crippen molar-refractivity contribution >= 4 is 11.6 Å². The van der Waals surface area contributed by atoms with E-state index in [4.69, 9.17) is 5.84 Å². The average Bonchev–Trinajstić information content (AvgIpc) is 3.23. The SMILES string of the molecule is CCCc1nc(NN)c(C)c(N(CCO)C2CC2)n1. The van der Waals surface area contributed by atoms with Crippen LogP contribution in [0.5, 0.6) is 0 Å². The summed E-state index contributed by atoms with van der Waals surface area (Å²) in [6.45, 7) is 4.81. The Kier molecular flexibility index (Phi) is 4.55. The highest BCUT2D eigenvalue weighted by Crippen LogP contribution is 2.33. The number of hydrogen-bond acceptors (Lipinski definition) is 6. The Morgan fingerprint density at radius 2 is 2.16 bits per heavy atom. The minimum atomic E-state index is 0.133. The van der Waals surface area contributed by atoms with E-state index < -0.39 is 0 Å². The van der Waals surface area contributed by atoms with Crippen LogP contribution in [0.3, 0.4) is 0 Å². The van der Waals surface area contributed by atoms with E-state index in [9.17, 15) is 5.11 Å². The zero-order chi connectivity index (χ0) is 13.8. The Morgan fingerprint density at radius 3 is 2.68 bits per heavy atom. The van der Waals surface area contributed by atoms with Gasteiger partial charge in [-0.2, -0.15) is 0 Å². The summed E-state index contributed by atoms with van der Waals surface area (Å²) in [6.07, 6.45) is 4.16. The predicted molar refractivity (Wildman–Crippen MR) is 76.0 cm³/mol. The molecule has 19 heavy (non-hydrogen) atoms. The lowest BCUT2D eigenvalue weighted by Crippen LogP contribution is -2.31. The summed E-state index contributed by atoms with van der Waals surface area (Å²) in [5, 5.41) is 9.24. The average molecular weight is 265 g/mol. The van der Waals surface area contributed by atoms with Crippen LogP contribution < -0.4 is 16.2 Å². The standard InChI is InChI=1S/C13H23N5O/c1-3-4-11-15-12(17-14)9(2)13(16-11)18(7-8-19)10-5-6-10/h10,19H,3-8,14H2,1-2H3,(H,15,16,17). The lowest BCUT2D eigenvalue weighted by Gasteiger charge is -2.25. The van der Waals surface area contributed by atoms with Crippen molar-refractivity contribution in [1.29, 1.82) is 0 Å². The van der Waals surface area contributed by atoms with Crippen molar-refractivity contribution in [3.8, 4) is 0 Å². The van der Waals surface area contributed by atoms with Gasteiger partial charge in [0.1, 0.15) is 17.5 Å².